The van der Waals surface area contributed by atoms with Gasteiger partial charge in [0, 0.05) is 19.5 Å². The summed E-state index contributed by atoms with van der Waals surface area (Å²) < 4.78 is 28.6. The summed E-state index contributed by atoms with van der Waals surface area (Å²) >= 11 is 0. The summed E-state index contributed by atoms with van der Waals surface area (Å²) in [6.45, 7) is 1.38. The summed E-state index contributed by atoms with van der Waals surface area (Å²) in [6, 6.07) is 0. The normalized spacial score (nSPS) is 21.2. The molecule has 1 saturated heterocycles. The number of hydrogen-bond donors (Lipinski definition) is 1. The van der Waals surface area contributed by atoms with Gasteiger partial charge in [0.1, 0.15) is 0 Å². The van der Waals surface area contributed by atoms with Crippen molar-refractivity contribution in [3.8, 4) is 0 Å². The van der Waals surface area contributed by atoms with Crippen molar-refractivity contribution >= 4 is 10.2 Å². The molecule has 0 unspecified atom stereocenters. The van der Waals surface area contributed by atoms with E-state index in [2.05, 4.69) is 10.2 Å². The van der Waals surface area contributed by atoms with Crippen molar-refractivity contribution in [3.63, 3.8) is 0 Å². The second kappa shape index (κ2) is 4.09. The molecule has 1 fully saturated rings. The van der Waals surface area contributed by atoms with E-state index < -0.39 is 15.9 Å². The molecule has 1 aromatic heterocycles. The third-order valence-corrected chi connectivity index (χ3v) is 5.24. The minimum absolute atomic E-state index is 0.325. The molecule has 0 spiro atoms. The molecule has 1 aromatic rings. The first-order valence-electron chi connectivity index (χ1n) is 6.05. The average molecular weight is 273 g/mol. The number of aromatic amines is 1. The number of hydrogen-bond acceptors (Lipinski definition) is 4. The van der Waals surface area contributed by atoms with E-state index in [0.717, 1.165) is 21.9 Å². The first-order valence-corrected chi connectivity index (χ1v) is 7.45. The van der Waals surface area contributed by atoms with E-state index >= 15 is 0 Å². The summed E-state index contributed by atoms with van der Waals surface area (Å²) in [5.41, 5.74) is -0.493. The smallest absolute Gasteiger partial charge is 0.244 e. The maximum absolute atomic E-state index is 12.5. The van der Waals surface area contributed by atoms with E-state index in [1.807, 2.05) is 0 Å². The van der Waals surface area contributed by atoms with E-state index in [-0.39, 0.29) is 0 Å². The predicted octanol–water partition coefficient (Wildman–Crippen LogP) is -1.20. The summed E-state index contributed by atoms with van der Waals surface area (Å²) in [6.07, 6.45) is 3.04. The fourth-order valence-electron chi connectivity index (χ4n) is 2.46. The van der Waals surface area contributed by atoms with E-state index in [0.29, 0.717) is 38.3 Å². The number of rotatable bonds is 2. The lowest BCUT2D eigenvalue weighted by atomic mass is 10.3. The summed E-state index contributed by atoms with van der Waals surface area (Å²) in [5.74, 6) is 0.481. The van der Waals surface area contributed by atoms with Crippen LogP contribution in [0.5, 0.6) is 0 Å². The van der Waals surface area contributed by atoms with Crippen molar-refractivity contribution in [1.82, 2.24) is 19.2 Å². The highest BCUT2D eigenvalue weighted by molar-refractivity contribution is 7.90. The molecule has 3 rings (SSSR count). The second-order valence-electron chi connectivity index (χ2n) is 4.52. The molecule has 0 aliphatic carbocycles. The average Bonchev–Trinajstić information content (AvgIpc) is 2.99. The molecule has 0 aromatic carbocycles. The van der Waals surface area contributed by atoms with Crippen LogP contribution in [0.3, 0.4) is 0 Å². The molecule has 2 aliphatic heterocycles. The van der Waals surface area contributed by atoms with Crippen LogP contribution in [0.1, 0.15) is 25.1 Å². The first-order chi connectivity index (χ1) is 8.60. The molecular weight excluding hydrogens is 258 g/mol. The third-order valence-electron chi connectivity index (χ3n) is 3.35. The van der Waals surface area contributed by atoms with Gasteiger partial charge in [0.05, 0.1) is 6.54 Å². The van der Waals surface area contributed by atoms with Crippen molar-refractivity contribution in [3.05, 3.63) is 16.3 Å². The van der Waals surface area contributed by atoms with E-state index in [9.17, 15) is 13.2 Å². The zero-order valence-corrected chi connectivity index (χ0v) is 10.7. The monoisotopic (exact) mass is 273 g/mol. The number of fused-ring (bicyclic) bond motifs is 1. The summed E-state index contributed by atoms with van der Waals surface area (Å²) in [7, 11) is -3.60. The Labute approximate surface area is 104 Å². The first kappa shape index (κ1) is 11.7. The Morgan fingerprint density at radius 3 is 2.56 bits per heavy atom. The summed E-state index contributed by atoms with van der Waals surface area (Å²) in [4.78, 5) is 11.7. The van der Waals surface area contributed by atoms with Crippen LogP contribution in [0, 0.1) is 0 Å². The molecule has 0 bridgehead atoms. The second-order valence-corrected chi connectivity index (χ2v) is 6.35. The molecule has 1 N–H and O–H groups in total. The molecule has 0 saturated carbocycles. The zero-order chi connectivity index (χ0) is 12.8. The van der Waals surface area contributed by atoms with Crippen molar-refractivity contribution in [2.45, 2.75) is 25.7 Å². The topological polar surface area (TPSA) is 91.3 Å². The van der Waals surface area contributed by atoms with E-state index in [1.165, 1.54) is 4.31 Å². The van der Waals surface area contributed by atoms with Crippen LogP contribution in [0.2, 0.25) is 0 Å². The SMILES string of the molecule is O=c1[nH]nc2n1N(S(=O)(=O)N1CCCC1)CCC2. The van der Waals surface area contributed by atoms with Gasteiger partial charge >= 0.3 is 15.9 Å². The van der Waals surface area contributed by atoms with Gasteiger partial charge in [-0.25, -0.2) is 9.89 Å². The van der Waals surface area contributed by atoms with E-state index in [4.69, 9.17) is 0 Å². The van der Waals surface area contributed by atoms with Crippen LogP contribution in [0.25, 0.3) is 0 Å². The molecule has 18 heavy (non-hydrogen) atoms. The van der Waals surface area contributed by atoms with Gasteiger partial charge in [0.15, 0.2) is 5.82 Å². The lowest BCUT2D eigenvalue weighted by molar-refractivity contribution is 0.445. The number of aryl methyl sites for hydroxylation is 1. The molecular formula is C9H15N5O3S. The number of aromatic nitrogens is 3. The molecule has 8 nitrogen and oxygen atoms in total. The highest BCUT2D eigenvalue weighted by Crippen LogP contribution is 2.18. The van der Waals surface area contributed by atoms with Crippen molar-refractivity contribution in [2.75, 3.05) is 24.0 Å². The van der Waals surface area contributed by atoms with Gasteiger partial charge in [-0.3, -0.25) is 0 Å². The summed E-state index contributed by atoms with van der Waals surface area (Å²) in [5, 5.41) is 6.15. The molecule has 9 heteroatoms. The lowest BCUT2D eigenvalue weighted by Crippen LogP contribution is -2.54. The van der Waals surface area contributed by atoms with Gasteiger partial charge in [0.25, 0.3) is 0 Å². The maximum Gasteiger partial charge on any atom is 0.363 e. The molecule has 0 atom stereocenters. The van der Waals surface area contributed by atoms with Gasteiger partial charge in [-0.2, -0.15) is 26.9 Å². The van der Waals surface area contributed by atoms with Gasteiger partial charge in [-0.05, 0) is 19.3 Å². The van der Waals surface area contributed by atoms with Crippen LogP contribution < -0.4 is 10.1 Å². The van der Waals surface area contributed by atoms with Crippen LogP contribution in [-0.4, -0.2) is 47.2 Å². The molecule has 0 radical (unpaired) electrons. The third kappa shape index (κ3) is 1.65. The zero-order valence-electron chi connectivity index (χ0n) is 9.87. The fraction of sp³-hybridized carbons (Fsp3) is 0.778. The number of H-pyrrole nitrogens is 1. The highest BCUT2D eigenvalue weighted by atomic mass is 32.2. The predicted molar refractivity (Wildman–Crippen MR) is 64.0 cm³/mol. The van der Waals surface area contributed by atoms with Crippen molar-refractivity contribution in [2.24, 2.45) is 0 Å². The Balaban J connectivity index is 2.03. The molecule has 100 valence electrons. The highest BCUT2D eigenvalue weighted by Gasteiger charge is 2.35. The quantitative estimate of drug-likeness (QED) is 0.732. The standard InChI is InChI=1S/C9H15N5O3S/c15-9-11-10-8-4-3-7-13(14(8)9)18(16,17)12-5-1-2-6-12/h1-7H2,(H,11,15). The van der Waals surface area contributed by atoms with Gasteiger partial charge in [-0.15, -0.1) is 0 Å². The van der Waals surface area contributed by atoms with Gasteiger partial charge < -0.3 is 0 Å². The minimum Gasteiger partial charge on any atom is -0.244 e. The largest absolute Gasteiger partial charge is 0.363 e. The number of nitrogens with one attached hydrogen (secondary N) is 1. The minimum atomic E-state index is -3.60. The fourth-order valence-corrected chi connectivity index (χ4v) is 4.18. The van der Waals surface area contributed by atoms with Gasteiger partial charge in [-0.1, -0.05) is 0 Å². The lowest BCUT2D eigenvalue weighted by Gasteiger charge is -2.31. The Kier molecular flexibility index (Phi) is 2.67. The Bertz CT molecular complexity index is 598. The van der Waals surface area contributed by atoms with Crippen LogP contribution in [-0.2, 0) is 16.6 Å². The Hall–Kier alpha value is -1.35. The Morgan fingerprint density at radius 2 is 1.83 bits per heavy atom. The molecule has 3 heterocycles. The van der Waals surface area contributed by atoms with E-state index in [1.54, 1.807) is 0 Å². The molecule has 2 aliphatic rings. The van der Waals surface area contributed by atoms with Crippen molar-refractivity contribution < 1.29 is 8.42 Å². The molecule has 0 amide bonds. The number of nitrogens with zero attached hydrogens (tertiary/aromatic N) is 4. The van der Waals surface area contributed by atoms with Crippen LogP contribution in [0.15, 0.2) is 4.79 Å². The van der Waals surface area contributed by atoms with Gasteiger partial charge in [0.2, 0.25) is 0 Å². The Morgan fingerprint density at radius 1 is 1.11 bits per heavy atom. The van der Waals surface area contributed by atoms with Crippen LogP contribution >= 0.6 is 0 Å². The van der Waals surface area contributed by atoms with Crippen molar-refractivity contribution in [1.29, 1.82) is 0 Å². The maximum atomic E-state index is 12.5. The van der Waals surface area contributed by atoms with Crippen LogP contribution in [0.4, 0.5) is 0 Å².